The van der Waals surface area contributed by atoms with Gasteiger partial charge in [0.2, 0.25) is 0 Å². The average molecular weight is 411 g/mol. The first-order valence-corrected chi connectivity index (χ1v) is 8.24. The van der Waals surface area contributed by atoms with Crippen LogP contribution in [-0.2, 0) is 15.7 Å². The summed E-state index contributed by atoms with van der Waals surface area (Å²) in [6, 6.07) is -1.27. The Labute approximate surface area is 157 Å². The summed E-state index contributed by atoms with van der Waals surface area (Å²) in [7, 11) is 0. The minimum Gasteiger partial charge on any atom is -0.480 e. The van der Waals surface area contributed by atoms with Crippen molar-refractivity contribution in [2.75, 3.05) is 24.5 Å². The molecule has 2 rings (SSSR count). The highest BCUT2D eigenvalue weighted by Gasteiger charge is 2.39. The van der Waals surface area contributed by atoms with Gasteiger partial charge in [0, 0.05) is 13.1 Å². The van der Waals surface area contributed by atoms with Gasteiger partial charge in [0.1, 0.15) is 11.6 Å². The summed E-state index contributed by atoms with van der Waals surface area (Å²) < 4.78 is 43.3. The Morgan fingerprint density at radius 1 is 1.30 bits per heavy atom. The zero-order valence-corrected chi connectivity index (χ0v) is 15.5. The maximum atomic E-state index is 12.7. The third-order valence-corrected chi connectivity index (χ3v) is 3.85. The van der Waals surface area contributed by atoms with Crippen molar-refractivity contribution in [1.29, 1.82) is 0 Å². The lowest BCUT2D eigenvalue weighted by Gasteiger charge is -2.40. The van der Waals surface area contributed by atoms with Crippen molar-refractivity contribution >= 4 is 29.5 Å². The minimum absolute atomic E-state index is 0.0179. The van der Waals surface area contributed by atoms with E-state index >= 15 is 0 Å². The Morgan fingerprint density at radius 2 is 1.93 bits per heavy atom. The molecule has 12 heteroatoms. The fraction of sp³-hybridized carbons (Fsp3) is 0.600. The predicted octanol–water partition coefficient (Wildman–Crippen LogP) is 2.66. The van der Waals surface area contributed by atoms with Crippen molar-refractivity contribution in [3.63, 3.8) is 0 Å². The fourth-order valence-corrected chi connectivity index (χ4v) is 2.68. The van der Waals surface area contributed by atoms with Gasteiger partial charge in [-0.05, 0) is 20.8 Å². The van der Waals surface area contributed by atoms with Gasteiger partial charge in [0.25, 0.3) is 0 Å². The number of carboxylic acid groups (broad SMARTS) is 1. The summed E-state index contributed by atoms with van der Waals surface area (Å²) in [5.74, 6) is -1.48. The summed E-state index contributed by atoms with van der Waals surface area (Å²) in [6.07, 6.45) is -4.92. The number of nitrogens with zero attached hydrogens (tertiary/aromatic N) is 4. The molecule has 8 nitrogen and oxygen atoms in total. The van der Waals surface area contributed by atoms with Crippen molar-refractivity contribution in [3.8, 4) is 0 Å². The maximum absolute atomic E-state index is 12.7. The summed E-state index contributed by atoms with van der Waals surface area (Å²) in [4.78, 5) is 33.1. The number of piperazine rings is 1. The number of anilines is 1. The first-order chi connectivity index (χ1) is 12.3. The molecule has 1 amide bonds. The largest absolute Gasteiger partial charge is 0.480 e. The number of carbonyl (C=O) groups excluding carboxylic acids is 1. The van der Waals surface area contributed by atoms with E-state index in [1.807, 2.05) is 0 Å². The SMILES string of the molecule is CC(C)(C)OC(=O)N1CCN(c2ncc(C(F)(F)F)nc2Cl)[C@@H](C(=O)O)C1. The summed E-state index contributed by atoms with van der Waals surface area (Å²) in [5, 5.41) is 8.92. The Bertz CT molecular complexity index is 739. The van der Waals surface area contributed by atoms with E-state index in [1.54, 1.807) is 20.8 Å². The number of aromatic nitrogens is 2. The summed E-state index contributed by atoms with van der Waals surface area (Å²) in [5.41, 5.74) is -2.04. The molecule has 0 unspecified atom stereocenters. The number of hydrogen-bond acceptors (Lipinski definition) is 6. The second kappa shape index (κ2) is 7.37. The van der Waals surface area contributed by atoms with E-state index in [-0.39, 0.29) is 25.5 Å². The molecule has 27 heavy (non-hydrogen) atoms. The molecule has 0 spiro atoms. The van der Waals surface area contributed by atoms with Crippen LogP contribution in [0.25, 0.3) is 0 Å². The van der Waals surface area contributed by atoms with E-state index in [9.17, 15) is 27.9 Å². The van der Waals surface area contributed by atoms with Crippen molar-refractivity contribution in [3.05, 3.63) is 17.0 Å². The monoisotopic (exact) mass is 410 g/mol. The van der Waals surface area contributed by atoms with Gasteiger partial charge in [-0.2, -0.15) is 13.2 Å². The molecule has 150 valence electrons. The van der Waals surface area contributed by atoms with E-state index < -0.39 is 40.7 Å². The molecule has 1 fully saturated rings. The van der Waals surface area contributed by atoms with Crippen LogP contribution in [0.4, 0.5) is 23.8 Å². The maximum Gasteiger partial charge on any atom is 0.434 e. The molecular weight excluding hydrogens is 393 g/mol. The molecule has 0 aromatic carbocycles. The molecule has 2 heterocycles. The van der Waals surface area contributed by atoms with Crippen LogP contribution in [0.5, 0.6) is 0 Å². The van der Waals surface area contributed by atoms with Gasteiger partial charge >= 0.3 is 18.2 Å². The van der Waals surface area contributed by atoms with Gasteiger partial charge in [-0.1, -0.05) is 11.6 Å². The molecule has 1 aliphatic rings. The lowest BCUT2D eigenvalue weighted by molar-refractivity contribution is -0.142. The Balaban J connectivity index is 2.24. The first-order valence-electron chi connectivity index (χ1n) is 7.86. The fourth-order valence-electron chi connectivity index (χ4n) is 2.43. The van der Waals surface area contributed by atoms with Gasteiger partial charge in [-0.3, -0.25) is 0 Å². The topological polar surface area (TPSA) is 95.9 Å². The van der Waals surface area contributed by atoms with Gasteiger partial charge < -0.3 is 19.6 Å². The molecule has 0 bridgehead atoms. The highest BCUT2D eigenvalue weighted by atomic mass is 35.5. The quantitative estimate of drug-likeness (QED) is 0.800. The number of ether oxygens (including phenoxy) is 1. The lowest BCUT2D eigenvalue weighted by Crippen LogP contribution is -2.58. The standard InChI is InChI=1S/C15H18ClF3N4O4/c1-14(2,3)27-13(26)22-4-5-23(8(7-22)12(24)25)11-10(16)21-9(6-20-11)15(17,18)19/h6,8H,4-5,7H2,1-3H3,(H,24,25)/t8-/m1/s1. The molecule has 1 aromatic rings. The number of aliphatic carboxylic acids is 1. The van der Waals surface area contributed by atoms with Gasteiger partial charge in [0.15, 0.2) is 16.7 Å². The first kappa shape index (κ1) is 21.0. The second-order valence-electron chi connectivity index (χ2n) is 6.84. The van der Waals surface area contributed by atoms with E-state index in [2.05, 4.69) is 9.97 Å². The third-order valence-electron chi connectivity index (χ3n) is 3.59. The number of amides is 1. The van der Waals surface area contributed by atoms with Crippen LogP contribution >= 0.6 is 11.6 Å². The minimum atomic E-state index is -4.73. The van der Waals surface area contributed by atoms with Crippen LogP contribution in [0.3, 0.4) is 0 Å². The Morgan fingerprint density at radius 3 is 2.41 bits per heavy atom. The Hall–Kier alpha value is -2.30. The molecule has 0 aliphatic carbocycles. The van der Waals surface area contributed by atoms with E-state index in [4.69, 9.17) is 16.3 Å². The molecule has 0 radical (unpaired) electrons. The number of rotatable bonds is 2. The van der Waals surface area contributed by atoms with E-state index in [0.717, 1.165) is 0 Å². The molecule has 1 aliphatic heterocycles. The van der Waals surface area contributed by atoms with Crippen molar-refractivity contribution in [2.45, 2.75) is 38.6 Å². The number of halogens is 4. The Kier molecular flexibility index (Phi) is 5.74. The molecule has 1 atom stereocenters. The van der Waals surface area contributed by atoms with Gasteiger partial charge in [0.05, 0.1) is 12.7 Å². The average Bonchev–Trinajstić information content (AvgIpc) is 2.51. The van der Waals surface area contributed by atoms with Crippen LogP contribution in [0, 0.1) is 0 Å². The van der Waals surface area contributed by atoms with Crippen LogP contribution in [0.1, 0.15) is 26.5 Å². The van der Waals surface area contributed by atoms with Gasteiger partial charge in [-0.15, -0.1) is 0 Å². The zero-order valence-electron chi connectivity index (χ0n) is 14.7. The van der Waals surface area contributed by atoms with E-state index in [0.29, 0.717) is 6.20 Å². The third kappa shape index (κ3) is 5.12. The number of carbonyl (C=O) groups is 2. The molecular formula is C15H18ClF3N4O4. The highest BCUT2D eigenvalue weighted by molar-refractivity contribution is 6.31. The molecule has 1 aromatic heterocycles. The van der Waals surface area contributed by atoms with Crippen LogP contribution in [0.2, 0.25) is 5.15 Å². The van der Waals surface area contributed by atoms with Crippen molar-refractivity contribution < 1.29 is 32.6 Å². The zero-order chi connectivity index (χ0) is 20.6. The van der Waals surface area contributed by atoms with Crippen molar-refractivity contribution in [2.24, 2.45) is 0 Å². The van der Waals surface area contributed by atoms with Crippen LogP contribution in [-0.4, -0.2) is 63.3 Å². The van der Waals surface area contributed by atoms with E-state index in [1.165, 1.54) is 9.80 Å². The van der Waals surface area contributed by atoms with Crippen LogP contribution in [0.15, 0.2) is 6.20 Å². The normalized spacial score (nSPS) is 18.4. The number of carboxylic acids is 1. The summed E-state index contributed by atoms with van der Waals surface area (Å²) >= 11 is 5.81. The second-order valence-corrected chi connectivity index (χ2v) is 7.20. The molecule has 0 saturated carbocycles. The van der Waals surface area contributed by atoms with Crippen LogP contribution < -0.4 is 4.90 Å². The molecule has 1 saturated heterocycles. The smallest absolute Gasteiger partial charge is 0.434 e. The van der Waals surface area contributed by atoms with Gasteiger partial charge in [-0.25, -0.2) is 19.6 Å². The predicted molar refractivity (Wildman–Crippen MR) is 88.6 cm³/mol. The molecule has 1 N–H and O–H groups in total. The summed E-state index contributed by atoms with van der Waals surface area (Å²) in [6.45, 7) is 4.84. The number of alkyl halides is 3. The van der Waals surface area contributed by atoms with Crippen molar-refractivity contribution in [1.82, 2.24) is 14.9 Å². The lowest BCUT2D eigenvalue weighted by atomic mass is 10.1. The highest BCUT2D eigenvalue weighted by Crippen LogP contribution is 2.32. The number of hydrogen-bond donors (Lipinski definition) is 1.